The zero-order chi connectivity index (χ0) is 18.8. The van der Waals surface area contributed by atoms with Crippen molar-refractivity contribution in [1.82, 2.24) is 4.31 Å². The molecule has 0 bridgehead atoms. The molecule has 1 heterocycles. The number of benzene rings is 1. The number of unbranched alkanes of at least 4 members (excludes halogenated alkanes) is 1. The number of nitrogens with zero attached hydrogens (tertiary/aromatic N) is 1. The molecule has 2 atom stereocenters. The molecule has 0 saturated carbocycles. The lowest BCUT2D eigenvalue weighted by Crippen LogP contribution is -2.51. The highest BCUT2D eigenvalue weighted by Gasteiger charge is 2.44. The Balaban J connectivity index is 2.63. The van der Waals surface area contributed by atoms with Crippen molar-refractivity contribution in [2.75, 3.05) is 6.26 Å². The summed E-state index contributed by atoms with van der Waals surface area (Å²) in [6.07, 6.45) is 4.11. The summed E-state index contributed by atoms with van der Waals surface area (Å²) in [7, 11) is -3.76. The fourth-order valence-electron chi connectivity index (χ4n) is 3.59. The van der Waals surface area contributed by atoms with Gasteiger partial charge in [-0.2, -0.15) is 0 Å². The summed E-state index contributed by atoms with van der Waals surface area (Å²) in [5.41, 5.74) is 2.24. The molecular weight excluding hydrogens is 338 g/mol. The van der Waals surface area contributed by atoms with Gasteiger partial charge in [-0.25, -0.2) is 12.7 Å². The number of ketones is 1. The largest absolute Gasteiger partial charge is 0.300 e. The van der Waals surface area contributed by atoms with Crippen LogP contribution in [-0.4, -0.2) is 36.7 Å². The Morgan fingerprint density at radius 2 is 1.92 bits per heavy atom. The minimum absolute atomic E-state index is 0.0245. The molecule has 138 valence electrons. The van der Waals surface area contributed by atoms with Crippen molar-refractivity contribution in [3.05, 3.63) is 34.9 Å². The Bertz CT molecular complexity index is 770. The van der Waals surface area contributed by atoms with Crippen LogP contribution in [0.15, 0.2) is 18.2 Å². The number of carbonyl (C=O) groups excluding carboxylic acids is 2. The van der Waals surface area contributed by atoms with Gasteiger partial charge in [0.1, 0.15) is 5.78 Å². The lowest BCUT2D eigenvalue weighted by molar-refractivity contribution is -0.119. The molecule has 0 aliphatic carbocycles. The standard InChI is InChI=1S/C19H27NO4S/c1-5-7-8-16-15-10-9-13(3)11-17(15)19(22)20(25(4,23)24)18(16)12-14(21)6-2/h9-11,16,18H,5-8,12H2,1-4H3. The Kier molecular flexibility index (Phi) is 6.03. The van der Waals surface area contributed by atoms with E-state index < -0.39 is 22.0 Å². The number of hydrogen-bond donors (Lipinski definition) is 0. The number of aryl methyl sites for hydroxylation is 1. The fraction of sp³-hybridized carbons (Fsp3) is 0.579. The first-order chi connectivity index (χ1) is 11.7. The Labute approximate surface area is 150 Å². The highest BCUT2D eigenvalue weighted by molar-refractivity contribution is 7.89. The highest BCUT2D eigenvalue weighted by Crippen LogP contribution is 2.40. The van der Waals surface area contributed by atoms with E-state index in [0.717, 1.165) is 41.0 Å². The second-order valence-electron chi connectivity index (χ2n) is 6.87. The molecule has 0 saturated heterocycles. The van der Waals surface area contributed by atoms with Crippen LogP contribution >= 0.6 is 0 Å². The van der Waals surface area contributed by atoms with E-state index in [9.17, 15) is 18.0 Å². The predicted molar refractivity (Wildman–Crippen MR) is 98.2 cm³/mol. The van der Waals surface area contributed by atoms with Gasteiger partial charge in [-0.05, 0) is 25.0 Å². The maximum atomic E-state index is 13.0. The number of rotatable bonds is 7. The average molecular weight is 365 g/mol. The van der Waals surface area contributed by atoms with Crippen molar-refractivity contribution in [1.29, 1.82) is 0 Å². The van der Waals surface area contributed by atoms with Gasteiger partial charge in [0.15, 0.2) is 0 Å². The minimum atomic E-state index is -3.76. The molecule has 0 spiro atoms. The van der Waals surface area contributed by atoms with Crippen LogP contribution < -0.4 is 0 Å². The van der Waals surface area contributed by atoms with Gasteiger partial charge in [0.05, 0.1) is 12.3 Å². The number of amides is 1. The van der Waals surface area contributed by atoms with Crippen molar-refractivity contribution in [3.63, 3.8) is 0 Å². The van der Waals surface area contributed by atoms with Crippen LogP contribution in [0.5, 0.6) is 0 Å². The molecule has 0 radical (unpaired) electrons. The Hall–Kier alpha value is -1.69. The summed E-state index contributed by atoms with van der Waals surface area (Å²) in [4.78, 5) is 25.1. The molecule has 2 rings (SSSR count). The zero-order valence-corrected chi connectivity index (χ0v) is 16.2. The van der Waals surface area contributed by atoms with E-state index in [4.69, 9.17) is 0 Å². The molecule has 0 N–H and O–H groups in total. The zero-order valence-electron chi connectivity index (χ0n) is 15.4. The number of fused-ring (bicyclic) bond motifs is 1. The Morgan fingerprint density at radius 1 is 1.24 bits per heavy atom. The van der Waals surface area contributed by atoms with Crippen LogP contribution in [0.4, 0.5) is 0 Å². The first-order valence-corrected chi connectivity index (χ1v) is 10.7. The average Bonchev–Trinajstić information content (AvgIpc) is 2.53. The first-order valence-electron chi connectivity index (χ1n) is 8.86. The summed E-state index contributed by atoms with van der Waals surface area (Å²) in [5.74, 6) is -0.676. The number of carbonyl (C=O) groups is 2. The predicted octanol–water partition coefficient (Wildman–Crippen LogP) is 3.42. The van der Waals surface area contributed by atoms with Gasteiger partial charge in [-0.15, -0.1) is 0 Å². The quantitative estimate of drug-likeness (QED) is 0.742. The van der Waals surface area contributed by atoms with Gasteiger partial charge < -0.3 is 0 Å². The van der Waals surface area contributed by atoms with Crippen LogP contribution in [-0.2, 0) is 14.8 Å². The van der Waals surface area contributed by atoms with Crippen LogP contribution in [0.2, 0.25) is 0 Å². The lowest BCUT2D eigenvalue weighted by atomic mass is 9.79. The fourth-order valence-corrected chi connectivity index (χ4v) is 4.70. The number of hydrogen-bond acceptors (Lipinski definition) is 4. The SMILES string of the molecule is CCCCC1c2ccc(C)cc2C(=O)N(S(C)(=O)=O)C1CC(=O)CC. The van der Waals surface area contributed by atoms with Gasteiger partial charge >= 0.3 is 0 Å². The summed E-state index contributed by atoms with van der Waals surface area (Å²) < 4.78 is 25.7. The topological polar surface area (TPSA) is 71.5 Å². The van der Waals surface area contributed by atoms with E-state index in [-0.39, 0.29) is 18.1 Å². The van der Waals surface area contributed by atoms with Crippen LogP contribution in [0.1, 0.15) is 73.4 Å². The first kappa shape index (κ1) is 19.6. The monoisotopic (exact) mass is 365 g/mol. The third-order valence-electron chi connectivity index (χ3n) is 4.86. The molecule has 1 aliphatic heterocycles. The molecule has 2 unspecified atom stereocenters. The van der Waals surface area contributed by atoms with Crippen LogP contribution in [0.3, 0.4) is 0 Å². The summed E-state index contributed by atoms with van der Waals surface area (Å²) in [5, 5.41) is 0. The van der Waals surface area contributed by atoms with Crippen molar-refractivity contribution < 1.29 is 18.0 Å². The van der Waals surface area contributed by atoms with E-state index in [2.05, 4.69) is 6.92 Å². The maximum Gasteiger partial charge on any atom is 0.267 e. The van der Waals surface area contributed by atoms with E-state index >= 15 is 0 Å². The van der Waals surface area contributed by atoms with E-state index in [1.54, 1.807) is 13.0 Å². The van der Waals surface area contributed by atoms with E-state index in [0.29, 0.717) is 12.0 Å². The third-order valence-corrected chi connectivity index (χ3v) is 6.01. The second-order valence-corrected chi connectivity index (χ2v) is 8.73. The van der Waals surface area contributed by atoms with Crippen LogP contribution in [0, 0.1) is 6.92 Å². The van der Waals surface area contributed by atoms with Gasteiger partial charge in [0, 0.05) is 24.3 Å². The normalized spacial score (nSPS) is 20.5. The summed E-state index contributed by atoms with van der Waals surface area (Å²) in [6, 6.07) is 5.00. The number of Topliss-reactive ketones (excluding diaryl/α,β-unsaturated/α-hetero) is 1. The number of sulfonamides is 1. The van der Waals surface area contributed by atoms with Crippen molar-refractivity contribution in [2.45, 2.75) is 64.8 Å². The third kappa shape index (κ3) is 4.11. The molecule has 1 aromatic carbocycles. The summed E-state index contributed by atoms with van der Waals surface area (Å²) in [6.45, 7) is 5.72. The van der Waals surface area contributed by atoms with E-state index in [1.807, 2.05) is 19.1 Å². The molecule has 5 nitrogen and oxygen atoms in total. The molecule has 25 heavy (non-hydrogen) atoms. The van der Waals surface area contributed by atoms with Gasteiger partial charge in [-0.1, -0.05) is 44.4 Å². The van der Waals surface area contributed by atoms with Gasteiger partial charge in [0.2, 0.25) is 10.0 Å². The second kappa shape index (κ2) is 7.68. The van der Waals surface area contributed by atoms with Crippen LogP contribution in [0.25, 0.3) is 0 Å². The molecule has 0 aromatic heterocycles. The Morgan fingerprint density at radius 3 is 2.48 bits per heavy atom. The molecular formula is C19H27NO4S. The molecule has 1 aliphatic rings. The molecule has 1 amide bonds. The maximum absolute atomic E-state index is 13.0. The smallest absolute Gasteiger partial charge is 0.267 e. The highest BCUT2D eigenvalue weighted by atomic mass is 32.2. The van der Waals surface area contributed by atoms with Crippen molar-refractivity contribution in [2.24, 2.45) is 0 Å². The molecule has 6 heteroatoms. The lowest BCUT2D eigenvalue weighted by Gasteiger charge is -2.40. The minimum Gasteiger partial charge on any atom is -0.300 e. The molecule has 0 fully saturated rings. The van der Waals surface area contributed by atoms with Gasteiger partial charge in [0.25, 0.3) is 5.91 Å². The van der Waals surface area contributed by atoms with E-state index in [1.165, 1.54) is 0 Å². The van der Waals surface area contributed by atoms with Gasteiger partial charge in [-0.3, -0.25) is 9.59 Å². The van der Waals surface area contributed by atoms with Crippen molar-refractivity contribution in [3.8, 4) is 0 Å². The summed E-state index contributed by atoms with van der Waals surface area (Å²) >= 11 is 0. The van der Waals surface area contributed by atoms with Crippen molar-refractivity contribution >= 4 is 21.7 Å². The molecule has 1 aromatic rings.